The van der Waals surface area contributed by atoms with Crippen molar-refractivity contribution in [3.63, 3.8) is 0 Å². The fourth-order valence-electron chi connectivity index (χ4n) is 2.20. The molecule has 0 spiro atoms. The molecule has 104 valence electrons. The smallest absolute Gasteiger partial charge is 0.229 e. The van der Waals surface area contributed by atoms with Gasteiger partial charge in [0, 0.05) is 0 Å². The van der Waals surface area contributed by atoms with E-state index < -0.39 is 5.95 Å². The van der Waals surface area contributed by atoms with E-state index in [9.17, 15) is 9.18 Å². The maximum atomic E-state index is 13.0. The Kier molecular flexibility index (Phi) is 3.60. The van der Waals surface area contributed by atoms with E-state index in [1.807, 2.05) is 42.5 Å². The predicted molar refractivity (Wildman–Crippen MR) is 80.5 cm³/mol. The van der Waals surface area contributed by atoms with Crippen molar-refractivity contribution in [1.29, 1.82) is 0 Å². The van der Waals surface area contributed by atoms with Gasteiger partial charge in [0.15, 0.2) is 0 Å². The molecule has 0 unspecified atom stereocenters. The Labute approximate surface area is 121 Å². The van der Waals surface area contributed by atoms with Gasteiger partial charge in [-0.15, -0.1) is 0 Å². The van der Waals surface area contributed by atoms with E-state index in [-0.39, 0.29) is 18.1 Å². The topological polar surface area (TPSA) is 42.0 Å². The van der Waals surface area contributed by atoms with Crippen LogP contribution < -0.4 is 5.32 Å². The Hall–Kier alpha value is -2.75. The fourth-order valence-corrected chi connectivity index (χ4v) is 2.20. The van der Waals surface area contributed by atoms with Crippen LogP contribution in [0.2, 0.25) is 0 Å². The van der Waals surface area contributed by atoms with Crippen molar-refractivity contribution < 1.29 is 9.18 Å². The second-order valence-electron chi connectivity index (χ2n) is 4.75. The molecule has 3 nitrogen and oxygen atoms in total. The number of carbonyl (C=O) groups is 1. The van der Waals surface area contributed by atoms with Gasteiger partial charge in [-0.05, 0) is 28.5 Å². The number of anilines is 1. The van der Waals surface area contributed by atoms with Gasteiger partial charge in [-0.3, -0.25) is 4.79 Å². The molecular formula is C17H13FN2O. The van der Waals surface area contributed by atoms with Crippen LogP contribution in [0.25, 0.3) is 10.8 Å². The summed E-state index contributed by atoms with van der Waals surface area (Å²) in [5, 5.41) is 4.81. The average Bonchev–Trinajstić information content (AvgIpc) is 2.47. The lowest BCUT2D eigenvalue weighted by Gasteiger charge is -2.05. The standard InChI is InChI=1S/C17H13FN2O/c18-15-6-3-7-16(19-15)20-17(21)11-12-8-9-13-4-1-2-5-14(13)10-12/h1-10H,11H2,(H,19,20,21). The summed E-state index contributed by atoms with van der Waals surface area (Å²) in [6, 6.07) is 18.1. The number of hydrogen-bond donors (Lipinski definition) is 1. The SMILES string of the molecule is O=C(Cc1ccc2ccccc2c1)Nc1cccc(F)n1. The molecule has 0 bridgehead atoms. The number of nitrogens with zero attached hydrogens (tertiary/aromatic N) is 1. The van der Waals surface area contributed by atoms with Gasteiger partial charge in [0.2, 0.25) is 11.9 Å². The van der Waals surface area contributed by atoms with Gasteiger partial charge in [0.1, 0.15) is 5.82 Å². The molecule has 4 heteroatoms. The molecule has 0 aliphatic rings. The third kappa shape index (κ3) is 3.23. The molecule has 0 fully saturated rings. The van der Waals surface area contributed by atoms with Crippen LogP contribution in [-0.2, 0) is 11.2 Å². The molecule has 1 aromatic heterocycles. The quantitative estimate of drug-likeness (QED) is 0.745. The lowest BCUT2D eigenvalue weighted by Crippen LogP contribution is -2.15. The summed E-state index contributed by atoms with van der Waals surface area (Å²) in [7, 11) is 0. The normalized spacial score (nSPS) is 10.5. The summed E-state index contributed by atoms with van der Waals surface area (Å²) < 4.78 is 13.0. The van der Waals surface area contributed by atoms with Gasteiger partial charge < -0.3 is 5.32 Å². The van der Waals surface area contributed by atoms with Crippen LogP contribution in [0.3, 0.4) is 0 Å². The van der Waals surface area contributed by atoms with Gasteiger partial charge in [0.25, 0.3) is 0 Å². The highest BCUT2D eigenvalue weighted by atomic mass is 19.1. The molecule has 0 aliphatic heterocycles. The highest BCUT2D eigenvalue weighted by Gasteiger charge is 2.06. The van der Waals surface area contributed by atoms with Crippen molar-refractivity contribution in [3.8, 4) is 0 Å². The Morgan fingerprint density at radius 1 is 1.00 bits per heavy atom. The van der Waals surface area contributed by atoms with E-state index in [2.05, 4.69) is 10.3 Å². The zero-order valence-corrected chi connectivity index (χ0v) is 11.2. The number of nitrogens with one attached hydrogen (secondary N) is 1. The molecule has 1 N–H and O–H groups in total. The fraction of sp³-hybridized carbons (Fsp3) is 0.0588. The van der Waals surface area contributed by atoms with E-state index in [1.165, 1.54) is 12.1 Å². The zero-order valence-electron chi connectivity index (χ0n) is 11.2. The minimum absolute atomic E-state index is 0.219. The van der Waals surface area contributed by atoms with Crippen molar-refractivity contribution in [2.75, 3.05) is 5.32 Å². The number of pyridine rings is 1. The zero-order chi connectivity index (χ0) is 14.7. The number of hydrogen-bond acceptors (Lipinski definition) is 2. The monoisotopic (exact) mass is 280 g/mol. The highest BCUT2D eigenvalue weighted by Crippen LogP contribution is 2.16. The minimum Gasteiger partial charge on any atom is -0.310 e. The summed E-state index contributed by atoms with van der Waals surface area (Å²) in [6.07, 6.45) is 0.225. The van der Waals surface area contributed by atoms with E-state index in [0.717, 1.165) is 16.3 Å². The summed E-state index contributed by atoms with van der Waals surface area (Å²) >= 11 is 0. The van der Waals surface area contributed by atoms with Crippen molar-refractivity contribution in [1.82, 2.24) is 4.98 Å². The number of amides is 1. The second-order valence-corrected chi connectivity index (χ2v) is 4.75. The molecule has 2 aromatic carbocycles. The first kappa shape index (κ1) is 13.2. The first-order valence-corrected chi connectivity index (χ1v) is 6.61. The van der Waals surface area contributed by atoms with E-state index in [1.54, 1.807) is 6.07 Å². The maximum absolute atomic E-state index is 13.0. The van der Waals surface area contributed by atoms with Crippen molar-refractivity contribution in [2.24, 2.45) is 0 Å². The maximum Gasteiger partial charge on any atom is 0.229 e. The van der Waals surface area contributed by atoms with Crippen molar-refractivity contribution in [2.45, 2.75) is 6.42 Å². The number of aromatic nitrogens is 1. The molecule has 0 saturated carbocycles. The predicted octanol–water partition coefficient (Wildman–Crippen LogP) is 3.56. The van der Waals surface area contributed by atoms with Crippen LogP contribution in [0.5, 0.6) is 0 Å². The molecule has 0 radical (unpaired) electrons. The lowest BCUT2D eigenvalue weighted by molar-refractivity contribution is -0.115. The van der Waals surface area contributed by atoms with Gasteiger partial charge >= 0.3 is 0 Å². The van der Waals surface area contributed by atoms with Gasteiger partial charge in [-0.25, -0.2) is 4.98 Å². The first-order valence-electron chi connectivity index (χ1n) is 6.61. The van der Waals surface area contributed by atoms with Crippen molar-refractivity contribution in [3.05, 3.63) is 72.2 Å². The van der Waals surface area contributed by atoms with E-state index in [0.29, 0.717) is 0 Å². The summed E-state index contributed by atoms with van der Waals surface area (Å²) in [5.74, 6) is -0.609. The summed E-state index contributed by atoms with van der Waals surface area (Å²) in [5.41, 5.74) is 0.905. The first-order chi connectivity index (χ1) is 10.2. The Bertz CT molecular complexity index is 801. The molecule has 3 rings (SSSR count). The third-order valence-corrected chi connectivity index (χ3v) is 3.16. The van der Waals surface area contributed by atoms with Gasteiger partial charge in [-0.1, -0.05) is 48.5 Å². The Balaban J connectivity index is 1.74. The van der Waals surface area contributed by atoms with Crippen LogP contribution >= 0.6 is 0 Å². The third-order valence-electron chi connectivity index (χ3n) is 3.16. The summed E-state index contributed by atoms with van der Waals surface area (Å²) in [6.45, 7) is 0. The number of fused-ring (bicyclic) bond motifs is 1. The number of rotatable bonds is 3. The number of halogens is 1. The molecule has 1 amide bonds. The number of carbonyl (C=O) groups excluding carboxylic acids is 1. The van der Waals surface area contributed by atoms with Gasteiger partial charge in [-0.2, -0.15) is 4.39 Å². The Morgan fingerprint density at radius 2 is 1.81 bits per heavy atom. The molecule has 21 heavy (non-hydrogen) atoms. The van der Waals surface area contributed by atoms with Crippen molar-refractivity contribution >= 4 is 22.5 Å². The van der Waals surface area contributed by atoms with Crippen LogP contribution in [0, 0.1) is 5.95 Å². The summed E-state index contributed by atoms with van der Waals surface area (Å²) in [4.78, 5) is 15.6. The Morgan fingerprint density at radius 3 is 2.62 bits per heavy atom. The minimum atomic E-state index is -0.612. The molecule has 0 aliphatic carbocycles. The largest absolute Gasteiger partial charge is 0.310 e. The molecule has 0 saturated heterocycles. The van der Waals surface area contributed by atoms with Crippen LogP contribution in [-0.4, -0.2) is 10.9 Å². The molecule has 1 heterocycles. The van der Waals surface area contributed by atoms with Crippen LogP contribution in [0.15, 0.2) is 60.7 Å². The molecular weight excluding hydrogens is 267 g/mol. The highest BCUT2D eigenvalue weighted by molar-refractivity contribution is 5.92. The molecule has 3 aromatic rings. The number of benzene rings is 2. The van der Waals surface area contributed by atoms with Gasteiger partial charge in [0.05, 0.1) is 6.42 Å². The second kappa shape index (κ2) is 5.71. The van der Waals surface area contributed by atoms with Crippen LogP contribution in [0.1, 0.15) is 5.56 Å². The molecule has 0 atom stereocenters. The average molecular weight is 280 g/mol. The van der Waals surface area contributed by atoms with E-state index in [4.69, 9.17) is 0 Å². The van der Waals surface area contributed by atoms with Crippen LogP contribution in [0.4, 0.5) is 10.2 Å². The lowest BCUT2D eigenvalue weighted by atomic mass is 10.1. The van der Waals surface area contributed by atoms with E-state index >= 15 is 0 Å².